The maximum atomic E-state index is 14.0. The van der Waals surface area contributed by atoms with E-state index in [9.17, 15) is 18.8 Å². The molecule has 2 aromatic rings. The number of nitrogens with one attached hydrogen (secondary N) is 1. The summed E-state index contributed by atoms with van der Waals surface area (Å²) in [5.41, 5.74) is 0.426. The predicted molar refractivity (Wildman–Crippen MR) is 104 cm³/mol. The Morgan fingerprint density at radius 2 is 1.81 bits per heavy atom. The molecular formula is C19H16ClFN2O3S. The Kier molecular flexibility index (Phi) is 5.82. The van der Waals surface area contributed by atoms with Crippen molar-refractivity contribution in [1.29, 1.82) is 0 Å². The summed E-state index contributed by atoms with van der Waals surface area (Å²) in [7, 11) is 0. The molecule has 0 radical (unpaired) electrons. The fourth-order valence-electron chi connectivity index (χ4n) is 2.91. The zero-order valence-corrected chi connectivity index (χ0v) is 15.9. The lowest BCUT2D eigenvalue weighted by atomic mass is 10.1. The number of halogens is 2. The van der Waals surface area contributed by atoms with Crippen LogP contribution in [0.25, 0.3) is 0 Å². The van der Waals surface area contributed by atoms with Gasteiger partial charge in [-0.15, -0.1) is 0 Å². The van der Waals surface area contributed by atoms with Crippen LogP contribution in [-0.4, -0.2) is 40.7 Å². The lowest BCUT2D eigenvalue weighted by Gasteiger charge is -2.25. The number of amides is 3. The summed E-state index contributed by atoms with van der Waals surface area (Å²) in [6.45, 7) is 0. The third-order valence-corrected chi connectivity index (χ3v) is 5.10. The fraction of sp³-hybridized carbons (Fsp3) is 0.211. The van der Waals surface area contributed by atoms with Crippen LogP contribution in [0.1, 0.15) is 27.1 Å². The number of rotatable bonds is 6. The highest BCUT2D eigenvalue weighted by molar-refractivity contribution is 7.98. The van der Waals surface area contributed by atoms with Crippen LogP contribution in [0, 0.1) is 5.82 Å². The van der Waals surface area contributed by atoms with Gasteiger partial charge in [-0.05, 0) is 48.8 Å². The van der Waals surface area contributed by atoms with Crippen molar-refractivity contribution in [3.05, 3.63) is 64.4 Å². The average molecular weight is 407 g/mol. The van der Waals surface area contributed by atoms with Crippen LogP contribution in [0.5, 0.6) is 0 Å². The minimum absolute atomic E-state index is 0.0988. The molecule has 0 saturated heterocycles. The summed E-state index contributed by atoms with van der Waals surface area (Å²) < 4.78 is 14.0. The molecule has 1 N–H and O–H groups in total. The average Bonchev–Trinajstić information content (AvgIpc) is 2.90. The van der Waals surface area contributed by atoms with Gasteiger partial charge in [0.25, 0.3) is 11.8 Å². The summed E-state index contributed by atoms with van der Waals surface area (Å²) in [6.07, 6.45) is 2.11. The molecule has 1 atom stereocenters. The van der Waals surface area contributed by atoms with Gasteiger partial charge in [-0.2, -0.15) is 11.8 Å². The standard InChI is InChI=1S/C19H16ClFN2O3S/c1-27-9-8-16(17(24)22-15-10-11(20)6-7-14(15)21)23-18(25)12-4-2-3-5-13(12)19(23)26/h2-7,10,16H,8-9H2,1H3,(H,22,24). The molecule has 5 nitrogen and oxygen atoms in total. The zero-order chi connectivity index (χ0) is 19.6. The van der Waals surface area contributed by atoms with Crippen molar-refractivity contribution in [3.8, 4) is 0 Å². The zero-order valence-electron chi connectivity index (χ0n) is 14.4. The van der Waals surface area contributed by atoms with E-state index in [0.29, 0.717) is 5.75 Å². The second-order valence-electron chi connectivity index (χ2n) is 5.94. The van der Waals surface area contributed by atoms with Gasteiger partial charge in [-0.3, -0.25) is 19.3 Å². The second kappa shape index (κ2) is 8.10. The summed E-state index contributed by atoms with van der Waals surface area (Å²) in [5.74, 6) is -1.80. The first-order valence-corrected chi connectivity index (χ1v) is 9.93. The lowest BCUT2D eigenvalue weighted by molar-refractivity contribution is -0.120. The molecule has 3 rings (SSSR count). The molecule has 1 aliphatic heterocycles. The van der Waals surface area contributed by atoms with Crippen molar-refractivity contribution in [2.24, 2.45) is 0 Å². The predicted octanol–water partition coefficient (Wildman–Crippen LogP) is 3.84. The number of benzene rings is 2. The third kappa shape index (κ3) is 3.84. The number of carbonyl (C=O) groups excluding carboxylic acids is 3. The number of thioether (sulfide) groups is 1. The minimum atomic E-state index is -1.05. The first-order chi connectivity index (χ1) is 12.9. The van der Waals surface area contributed by atoms with E-state index in [4.69, 9.17) is 11.6 Å². The Morgan fingerprint density at radius 3 is 2.41 bits per heavy atom. The maximum Gasteiger partial charge on any atom is 0.262 e. The Labute approximate surface area is 164 Å². The molecule has 0 aliphatic carbocycles. The molecule has 3 amide bonds. The Bertz CT molecular complexity index is 887. The summed E-state index contributed by atoms with van der Waals surface area (Å²) in [6, 6.07) is 9.15. The van der Waals surface area contributed by atoms with Gasteiger partial charge in [0.05, 0.1) is 16.8 Å². The van der Waals surface area contributed by atoms with Gasteiger partial charge in [0.2, 0.25) is 5.91 Å². The monoisotopic (exact) mass is 406 g/mol. The van der Waals surface area contributed by atoms with E-state index in [1.54, 1.807) is 24.3 Å². The van der Waals surface area contributed by atoms with Gasteiger partial charge < -0.3 is 5.32 Å². The van der Waals surface area contributed by atoms with Gasteiger partial charge in [-0.1, -0.05) is 23.7 Å². The van der Waals surface area contributed by atoms with Crippen molar-refractivity contribution in [1.82, 2.24) is 4.90 Å². The Balaban J connectivity index is 1.90. The quantitative estimate of drug-likeness (QED) is 0.740. The van der Waals surface area contributed by atoms with Crippen LogP contribution < -0.4 is 5.32 Å². The van der Waals surface area contributed by atoms with Gasteiger partial charge in [-0.25, -0.2) is 4.39 Å². The van der Waals surface area contributed by atoms with Crippen LogP contribution in [0.2, 0.25) is 5.02 Å². The third-order valence-electron chi connectivity index (χ3n) is 4.22. The van der Waals surface area contributed by atoms with E-state index in [2.05, 4.69) is 5.32 Å². The van der Waals surface area contributed by atoms with Gasteiger partial charge in [0, 0.05) is 5.02 Å². The number of imide groups is 1. The van der Waals surface area contributed by atoms with Crippen LogP contribution in [-0.2, 0) is 4.79 Å². The van der Waals surface area contributed by atoms with Gasteiger partial charge >= 0.3 is 0 Å². The van der Waals surface area contributed by atoms with E-state index >= 15 is 0 Å². The number of anilines is 1. The highest BCUT2D eigenvalue weighted by Crippen LogP contribution is 2.27. The molecule has 1 unspecified atom stereocenters. The van der Waals surface area contributed by atoms with Crippen LogP contribution in [0.15, 0.2) is 42.5 Å². The van der Waals surface area contributed by atoms with E-state index < -0.39 is 29.6 Å². The fourth-order valence-corrected chi connectivity index (χ4v) is 3.54. The van der Waals surface area contributed by atoms with Crippen molar-refractivity contribution >= 4 is 46.8 Å². The molecule has 27 heavy (non-hydrogen) atoms. The van der Waals surface area contributed by atoms with E-state index in [-0.39, 0.29) is 28.3 Å². The Morgan fingerprint density at radius 1 is 1.19 bits per heavy atom. The Hall–Kier alpha value is -2.38. The van der Waals surface area contributed by atoms with Crippen LogP contribution >= 0.6 is 23.4 Å². The second-order valence-corrected chi connectivity index (χ2v) is 7.36. The molecule has 140 valence electrons. The lowest BCUT2D eigenvalue weighted by Crippen LogP contribution is -2.47. The molecular weight excluding hydrogens is 391 g/mol. The van der Waals surface area contributed by atoms with Gasteiger partial charge in [0.1, 0.15) is 11.9 Å². The molecule has 0 aromatic heterocycles. The topological polar surface area (TPSA) is 66.5 Å². The number of fused-ring (bicyclic) bond motifs is 1. The van der Waals surface area contributed by atoms with Crippen LogP contribution in [0.4, 0.5) is 10.1 Å². The van der Waals surface area contributed by atoms with E-state index in [1.165, 1.54) is 23.9 Å². The highest BCUT2D eigenvalue weighted by atomic mass is 35.5. The first kappa shape index (κ1) is 19.4. The van der Waals surface area contributed by atoms with Crippen molar-refractivity contribution < 1.29 is 18.8 Å². The van der Waals surface area contributed by atoms with E-state index in [1.807, 2.05) is 6.26 Å². The normalized spacial score (nSPS) is 14.3. The van der Waals surface area contributed by atoms with Gasteiger partial charge in [0.15, 0.2) is 0 Å². The van der Waals surface area contributed by atoms with E-state index in [0.717, 1.165) is 11.0 Å². The molecule has 1 aliphatic rings. The summed E-state index contributed by atoms with van der Waals surface area (Å²) in [4.78, 5) is 39.2. The number of carbonyl (C=O) groups is 3. The minimum Gasteiger partial charge on any atom is -0.322 e. The number of hydrogen-bond donors (Lipinski definition) is 1. The molecule has 0 saturated carbocycles. The molecule has 0 spiro atoms. The molecule has 2 aromatic carbocycles. The number of nitrogens with zero attached hydrogens (tertiary/aromatic N) is 1. The SMILES string of the molecule is CSCCC(C(=O)Nc1cc(Cl)ccc1F)N1C(=O)c2ccccc2C1=O. The summed E-state index contributed by atoms with van der Waals surface area (Å²) in [5, 5.41) is 2.71. The molecule has 0 fully saturated rings. The number of hydrogen-bond acceptors (Lipinski definition) is 4. The largest absolute Gasteiger partial charge is 0.322 e. The summed E-state index contributed by atoms with van der Waals surface area (Å²) >= 11 is 7.34. The maximum absolute atomic E-state index is 14.0. The van der Waals surface area contributed by atoms with Crippen molar-refractivity contribution in [3.63, 3.8) is 0 Å². The van der Waals surface area contributed by atoms with Crippen LogP contribution in [0.3, 0.4) is 0 Å². The highest BCUT2D eigenvalue weighted by Gasteiger charge is 2.42. The molecule has 1 heterocycles. The molecule has 8 heteroatoms. The smallest absolute Gasteiger partial charge is 0.262 e. The van der Waals surface area contributed by atoms with Crippen molar-refractivity contribution in [2.75, 3.05) is 17.3 Å². The van der Waals surface area contributed by atoms with Crippen molar-refractivity contribution in [2.45, 2.75) is 12.5 Å². The molecule has 0 bridgehead atoms. The first-order valence-electron chi connectivity index (χ1n) is 8.15.